The third kappa shape index (κ3) is 6.58. The van der Waals surface area contributed by atoms with Crippen molar-refractivity contribution in [3.63, 3.8) is 0 Å². The summed E-state index contributed by atoms with van der Waals surface area (Å²) in [4.78, 5) is 0. The van der Waals surface area contributed by atoms with Gasteiger partial charge >= 0.3 is 8.80 Å². The van der Waals surface area contributed by atoms with Gasteiger partial charge in [-0.15, -0.1) is 0 Å². The van der Waals surface area contributed by atoms with Gasteiger partial charge in [0.15, 0.2) is 0 Å². The summed E-state index contributed by atoms with van der Waals surface area (Å²) in [5.41, 5.74) is 0. The Morgan fingerprint density at radius 3 is 1.62 bits per heavy atom. The molecule has 0 atom stereocenters. The number of alkyl halides is 1. The van der Waals surface area contributed by atoms with Gasteiger partial charge in [0, 0.05) is 27.4 Å². The zero-order valence-electron chi connectivity index (χ0n) is 10.8. The molecule has 3 nitrogen and oxygen atoms in total. The first kappa shape index (κ1) is 16.0. The molecule has 0 amide bonds. The van der Waals surface area contributed by atoms with Crippen LogP contribution in [0.2, 0.25) is 6.04 Å². The molecule has 5 heteroatoms. The van der Waals surface area contributed by atoms with Crippen molar-refractivity contribution in [2.24, 2.45) is 0 Å². The fourth-order valence-electron chi connectivity index (χ4n) is 1.70. The van der Waals surface area contributed by atoms with Gasteiger partial charge in [0.05, 0.1) is 6.67 Å². The minimum atomic E-state index is -2.35. The van der Waals surface area contributed by atoms with Crippen LogP contribution in [0, 0.1) is 0 Å². The molecule has 0 aliphatic carbocycles. The Morgan fingerprint density at radius 2 is 1.19 bits per heavy atom. The van der Waals surface area contributed by atoms with Crippen molar-refractivity contribution in [2.75, 3.05) is 28.0 Å². The Balaban J connectivity index is 3.48. The predicted octanol–water partition coefficient (Wildman–Crippen LogP) is 3.17. The number of halogens is 1. The number of hydrogen-bond acceptors (Lipinski definition) is 3. The van der Waals surface area contributed by atoms with Gasteiger partial charge < -0.3 is 13.3 Å². The summed E-state index contributed by atoms with van der Waals surface area (Å²) in [6.07, 6.45) is 6.16. The highest BCUT2D eigenvalue weighted by Crippen LogP contribution is 2.18. The minimum absolute atomic E-state index is 0.187. The van der Waals surface area contributed by atoms with Gasteiger partial charge in [0.25, 0.3) is 0 Å². The van der Waals surface area contributed by atoms with Gasteiger partial charge in [0.1, 0.15) is 0 Å². The highest BCUT2D eigenvalue weighted by molar-refractivity contribution is 6.60. The Bertz CT molecular complexity index is 146. The Morgan fingerprint density at radius 1 is 0.750 bits per heavy atom. The zero-order valence-corrected chi connectivity index (χ0v) is 11.8. The van der Waals surface area contributed by atoms with E-state index in [1.54, 1.807) is 21.3 Å². The molecule has 0 saturated carbocycles. The van der Waals surface area contributed by atoms with Crippen molar-refractivity contribution in [3.05, 3.63) is 0 Å². The van der Waals surface area contributed by atoms with Crippen LogP contribution < -0.4 is 0 Å². The third-order valence-electron chi connectivity index (χ3n) is 2.80. The molecule has 16 heavy (non-hydrogen) atoms. The van der Waals surface area contributed by atoms with E-state index in [4.69, 9.17) is 13.3 Å². The maximum Gasteiger partial charge on any atom is 0.500 e. The first-order chi connectivity index (χ1) is 7.74. The molecule has 0 saturated heterocycles. The Hall–Kier alpha value is 0.0269. The molecule has 0 unspecified atom stereocenters. The first-order valence-electron chi connectivity index (χ1n) is 5.96. The molecule has 0 aromatic heterocycles. The van der Waals surface area contributed by atoms with E-state index in [0.717, 1.165) is 38.1 Å². The molecule has 98 valence electrons. The van der Waals surface area contributed by atoms with Crippen LogP contribution in [0.1, 0.15) is 38.5 Å². The standard InChI is InChI=1S/C11H25FO3Si/c1-13-16(14-2,15-3)11-9-7-5-4-6-8-10-12/h4-11H2,1-3H3. The lowest BCUT2D eigenvalue weighted by molar-refractivity contribution is 0.122. The summed E-state index contributed by atoms with van der Waals surface area (Å²) in [6.45, 7) is -0.187. The van der Waals surface area contributed by atoms with Crippen LogP contribution in [0.4, 0.5) is 4.39 Å². The third-order valence-corrected chi connectivity index (χ3v) is 5.63. The average molecular weight is 252 g/mol. The van der Waals surface area contributed by atoms with E-state index in [9.17, 15) is 4.39 Å². The van der Waals surface area contributed by atoms with E-state index in [1.165, 1.54) is 0 Å². The van der Waals surface area contributed by atoms with E-state index in [-0.39, 0.29) is 6.67 Å². The van der Waals surface area contributed by atoms with E-state index >= 15 is 0 Å². The van der Waals surface area contributed by atoms with Crippen molar-refractivity contribution in [1.82, 2.24) is 0 Å². The van der Waals surface area contributed by atoms with Gasteiger partial charge in [-0.05, 0) is 12.8 Å². The van der Waals surface area contributed by atoms with Crippen LogP contribution >= 0.6 is 0 Å². The van der Waals surface area contributed by atoms with Gasteiger partial charge in [-0.1, -0.05) is 25.7 Å². The lowest BCUT2D eigenvalue weighted by atomic mass is 10.1. The molecule has 0 fully saturated rings. The van der Waals surface area contributed by atoms with E-state index in [1.807, 2.05) is 0 Å². The number of rotatable bonds is 11. The van der Waals surface area contributed by atoms with Crippen LogP contribution in [0.15, 0.2) is 0 Å². The fraction of sp³-hybridized carbons (Fsp3) is 1.00. The molecule has 0 aliphatic rings. The van der Waals surface area contributed by atoms with Gasteiger partial charge in [0.2, 0.25) is 0 Å². The predicted molar refractivity (Wildman–Crippen MR) is 65.3 cm³/mol. The Labute approximate surface area is 99.6 Å². The summed E-state index contributed by atoms with van der Waals surface area (Å²) in [5.74, 6) is 0. The van der Waals surface area contributed by atoms with Crippen LogP contribution in [0.25, 0.3) is 0 Å². The summed E-state index contributed by atoms with van der Waals surface area (Å²) in [5, 5.41) is 0. The summed E-state index contributed by atoms with van der Waals surface area (Å²) in [7, 11) is 2.57. The monoisotopic (exact) mass is 252 g/mol. The van der Waals surface area contributed by atoms with Crippen molar-refractivity contribution >= 4 is 8.80 Å². The largest absolute Gasteiger partial charge is 0.500 e. The molecule has 0 radical (unpaired) electrons. The minimum Gasteiger partial charge on any atom is -0.377 e. The summed E-state index contributed by atoms with van der Waals surface area (Å²) < 4.78 is 27.8. The lowest BCUT2D eigenvalue weighted by Crippen LogP contribution is -2.42. The molecule has 0 rings (SSSR count). The SMILES string of the molecule is CO[Si](CCCCCCCCF)(OC)OC. The van der Waals surface area contributed by atoms with Crippen molar-refractivity contribution in [1.29, 1.82) is 0 Å². The highest BCUT2D eigenvalue weighted by atomic mass is 28.4. The zero-order chi connectivity index (χ0) is 12.3. The molecule has 0 N–H and O–H groups in total. The van der Waals surface area contributed by atoms with Crippen LogP contribution in [-0.2, 0) is 13.3 Å². The Kier molecular flexibility index (Phi) is 10.2. The molecule has 0 aliphatic heterocycles. The molecule has 0 aromatic rings. The second kappa shape index (κ2) is 10.2. The van der Waals surface area contributed by atoms with Gasteiger partial charge in [-0.3, -0.25) is 4.39 Å². The van der Waals surface area contributed by atoms with Crippen molar-refractivity contribution < 1.29 is 17.7 Å². The molecule has 0 bridgehead atoms. The molecule has 0 heterocycles. The quantitative estimate of drug-likeness (QED) is 0.417. The second-order valence-electron chi connectivity index (χ2n) is 3.86. The smallest absolute Gasteiger partial charge is 0.377 e. The van der Waals surface area contributed by atoms with Gasteiger partial charge in [-0.25, -0.2) is 0 Å². The molecular formula is C11H25FO3Si. The highest BCUT2D eigenvalue weighted by Gasteiger charge is 2.36. The number of unbranched alkanes of at least 4 members (excludes halogenated alkanes) is 5. The summed E-state index contributed by atoms with van der Waals surface area (Å²) in [6, 6.07) is 0.861. The van der Waals surface area contributed by atoms with Crippen LogP contribution in [0.5, 0.6) is 0 Å². The van der Waals surface area contributed by atoms with E-state index < -0.39 is 8.80 Å². The normalized spacial score (nSPS) is 12.0. The second-order valence-corrected chi connectivity index (χ2v) is 6.95. The fourth-order valence-corrected chi connectivity index (χ4v) is 3.49. The molecular weight excluding hydrogens is 227 g/mol. The van der Waals surface area contributed by atoms with Gasteiger partial charge in [-0.2, -0.15) is 0 Å². The maximum absolute atomic E-state index is 11.8. The van der Waals surface area contributed by atoms with Crippen molar-refractivity contribution in [3.8, 4) is 0 Å². The molecule has 0 aromatic carbocycles. The number of hydrogen-bond donors (Lipinski definition) is 0. The van der Waals surface area contributed by atoms with E-state index in [0.29, 0.717) is 6.42 Å². The lowest BCUT2D eigenvalue weighted by Gasteiger charge is -2.24. The summed E-state index contributed by atoms with van der Waals surface area (Å²) >= 11 is 0. The average Bonchev–Trinajstić information content (AvgIpc) is 2.34. The van der Waals surface area contributed by atoms with Crippen LogP contribution in [0.3, 0.4) is 0 Å². The topological polar surface area (TPSA) is 27.7 Å². The maximum atomic E-state index is 11.8. The van der Waals surface area contributed by atoms with Crippen LogP contribution in [-0.4, -0.2) is 36.8 Å². The molecule has 0 spiro atoms. The van der Waals surface area contributed by atoms with Crippen molar-refractivity contribution in [2.45, 2.75) is 44.6 Å². The first-order valence-corrected chi connectivity index (χ1v) is 7.89. The van der Waals surface area contributed by atoms with E-state index in [2.05, 4.69) is 0 Å².